The molecule has 1 aliphatic heterocycles. The third kappa shape index (κ3) is 4.99. The van der Waals surface area contributed by atoms with Crippen molar-refractivity contribution in [1.82, 2.24) is 14.5 Å². The van der Waals surface area contributed by atoms with Crippen molar-refractivity contribution in [2.24, 2.45) is 0 Å². The average Bonchev–Trinajstić information content (AvgIpc) is 3.76. The van der Waals surface area contributed by atoms with Gasteiger partial charge in [-0.3, -0.25) is 9.97 Å². The highest BCUT2D eigenvalue weighted by Crippen LogP contribution is 2.47. The van der Waals surface area contributed by atoms with Crippen LogP contribution in [0.25, 0.3) is 83.0 Å². The van der Waals surface area contributed by atoms with Crippen molar-refractivity contribution in [1.29, 1.82) is 0 Å². The third-order valence-corrected chi connectivity index (χ3v) is 11.2. The van der Waals surface area contributed by atoms with Gasteiger partial charge in [0.2, 0.25) is 0 Å². The maximum atomic E-state index is 5.06. The van der Waals surface area contributed by atoms with Gasteiger partial charge in [-0.05, 0) is 125 Å². The fourth-order valence-electron chi connectivity index (χ4n) is 8.62. The van der Waals surface area contributed by atoms with Gasteiger partial charge in [-0.15, -0.1) is 0 Å². The predicted octanol–water partition coefficient (Wildman–Crippen LogP) is 13.0. The number of allylic oxidation sites excluding steroid dienone is 4. The number of hydrogen-bond donors (Lipinski definition) is 0. The summed E-state index contributed by atoms with van der Waals surface area (Å²) in [6.45, 7) is 4.45. The summed E-state index contributed by atoms with van der Waals surface area (Å²) in [7, 11) is 0. The first kappa shape index (κ1) is 31.2. The summed E-state index contributed by atoms with van der Waals surface area (Å²) in [5, 5.41) is 3.61. The number of hydrogen-bond acceptors (Lipinski definition) is 3. The van der Waals surface area contributed by atoms with E-state index < -0.39 is 0 Å². The molecular formula is C51H34N4. The lowest BCUT2D eigenvalue weighted by molar-refractivity contribution is 1.17. The molecule has 4 heterocycles. The monoisotopic (exact) mass is 702 g/mol. The third-order valence-electron chi connectivity index (χ3n) is 11.2. The van der Waals surface area contributed by atoms with E-state index in [0.717, 1.165) is 51.5 Å². The average molecular weight is 703 g/mol. The number of benzene rings is 6. The zero-order chi connectivity index (χ0) is 36.5. The fraction of sp³-hybridized carbons (Fsp3) is 0.0196. The highest BCUT2D eigenvalue weighted by Gasteiger charge is 2.23. The summed E-state index contributed by atoms with van der Waals surface area (Å²) < 4.78 is 2.38. The van der Waals surface area contributed by atoms with Crippen LogP contribution in [-0.4, -0.2) is 14.5 Å². The molecule has 0 bridgehead atoms. The molecule has 0 saturated heterocycles. The first-order chi connectivity index (χ1) is 27.2. The van der Waals surface area contributed by atoms with Crippen LogP contribution in [0.2, 0.25) is 0 Å². The summed E-state index contributed by atoms with van der Waals surface area (Å²) in [4.78, 5) is 12.0. The van der Waals surface area contributed by atoms with Crippen LogP contribution >= 0.6 is 0 Å². The molecule has 258 valence electrons. The molecule has 0 atom stereocenters. The van der Waals surface area contributed by atoms with E-state index in [-0.39, 0.29) is 0 Å². The summed E-state index contributed by atoms with van der Waals surface area (Å²) in [5.41, 5.74) is 18.1. The van der Waals surface area contributed by atoms with Gasteiger partial charge in [-0.1, -0.05) is 91.5 Å². The van der Waals surface area contributed by atoms with Crippen molar-refractivity contribution in [2.75, 3.05) is 4.90 Å². The topological polar surface area (TPSA) is 34.0 Å². The Morgan fingerprint density at radius 2 is 1.25 bits per heavy atom. The van der Waals surface area contributed by atoms with Crippen molar-refractivity contribution in [3.05, 3.63) is 200 Å². The van der Waals surface area contributed by atoms with Crippen LogP contribution in [0, 0.1) is 0 Å². The van der Waals surface area contributed by atoms with Gasteiger partial charge in [-0.25, -0.2) is 0 Å². The lowest BCUT2D eigenvalue weighted by Crippen LogP contribution is -2.15. The first-order valence-electron chi connectivity index (χ1n) is 18.7. The summed E-state index contributed by atoms with van der Waals surface area (Å²) >= 11 is 0. The van der Waals surface area contributed by atoms with Crippen LogP contribution < -0.4 is 4.90 Å². The minimum atomic E-state index is 0.812. The number of aromatic nitrogens is 3. The van der Waals surface area contributed by atoms with Crippen LogP contribution in [0.3, 0.4) is 0 Å². The Kier molecular flexibility index (Phi) is 7.04. The van der Waals surface area contributed by atoms with E-state index in [4.69, 9.17) is 4.98 Å². The van der Waals surface area contributed by atoms with E-state index in [1.165, 1.54) is 60.6 Å². The van der Waals surface area contributed by atoms with E-state index in [0.29, 0.717) is 0 Å². The lowest BCUT2D eigenvalue weighted by atomic mass is 9.97. The molecule has 1 aliphatic carbocycles. The summed E-state index contributed by atoms with van der Waals surface area (Å²) in [6.07, 6.45) is 13.3. The number of para-hydroxylation sites is 2. The van der Waals surface area contributed by atoms with Crippen molar-refractivity contribution in [3.8, 4) is 50.3 Å². The standard InChI is InChI=1S/C51H34N4/c1-33-12-5-2-6-13-37-28-34(20-23-48(37)54(33)38-14-7-3-8-15-38)35-21-24-49-43(29-35)44-30-36(22-25-50(44)55(49)39-16-9-4-10-17-39)47-31-42-41-26-27-52-46-19-11-18-40(51(41)46)45(42)32-53-47/h2-12,14-32H,1,13H2/b6-2-,12-5-. The second kappa shape index (κ2) is 12.4. The van der Waals surface area contributed by atoms with Gasteiger partial charge in [0, 0.05) is 62.4 Å². The van der Waals surface area contributed by atoms with Gasteiger partial charge >= 0.3 is 0 Å². The molecule has 4 nitrogen and oxygen atoms in total. The number of fused-ring (bicyclic) bond motifs is 7. The molecule has 0 spiro atoms. The van der Waals surface area contributed by atoms with E-state index >= 15 is 0 Å². The normalized spacial score (nSPS) is 14.4. The molecule has 0 amide bonds. The summed E-state index contributed by atoms with van der Waals surface area (Å²) in [5.74, 6) is 0. The smallest absolute Gasteiger partial charge is 0.0714 e. The van der Waals surface area contributed by atoms with Gasteiger partial charge in [0.25, 0.3) is 0 Å². The molecule has 0 radical (unpaired) electrons. The highest BCUT2D eigenvalue weighted by atomic mass is 15.1. The highest BCUT2D eigenvalue weighted by molar-refractivity contribution is 6.15. The molecular weight excluding hydrogens is 669 g/mol. The second-order valence-corrected chi connectivity index (χ2v) is 14.3. The van der Waals surface area contributed by atoms with E-state index in [9.17, 15) is 0 Å². The Morgan fingerprint density at radius 3 is 2.07 bits per heavy atom. The number of anilines is 2. The maximum Gasteiger partial charge on any atom is 0.0714 e. The SMILES string of the molecule is C=C1/C=C\C=C/Cc2cc(-c3ccc4c(c3)c3cc(-c5cc6c(cn5)-c5cccc7nccc-6c57)ccc3n4-c3ccccc3)ccc2N1c1ccccc1. The largest absolute Gasteiger partial charge is 0.311 e. The Morgan fingerprint density at radius 1 is 0.545 bits per heavy atom. The molecule has 6 aromatic carbocycles. The van der Waals surface area contributed by atoms with Gasteiger partial charge < -0.3 is 9.47 Å². The molecule has 0 unspecified atom stereocenters. The Bertz CT molecular complexity index is 3070. The minimum absolute atomic E-state index is 0.812. The predicted molar refractivity (Wildman–Crippen MR) is 229 cm³/mol. The van der Waals surface area contributed by atoms with E-state index in [1.807, 2.05) is 12.4 Å². The molecule has 0 saturated carbocycles. The first-order valence-corrected chi connectivity index (χ1v) is 18.7. The molecule has 55 heavy (non-hydrogen) atoms. The maximum absolute atomic E-state index is 5.06. The number of pyridine rings is 2. The molecule has 0 N–H and O–H groups in total. The Hall–Kier alpha value is -7.30. The van der Waals surface area contributed by atoms with E-state index in [2.05, 4.69) is 191 Å². The molecule has 3 aromatic heterocycles. The number of nitrogens with zero attached hydrogens (tertiary/aromatic N) is 4. The Balaban J connectivity index is 1.07. The van der Waals surface area contributed by atoms with Gasteiger partial charge in [-0.2, -0.15) is 0 Å². The van der Waals surface area contributed by atoms with Gasteiger partial charge in [0.15, 0.2) is 0 Å². The Labute approximate surface area is 319 Å². The van der Waals surface area contributed by atoms with Crippen molar-refractivity contribution < 1.29 is 0 Å². The quantitative estimate of drug-likeness (QED) is 0.183. The van der Waals surface area contributed by atoms with Crippen LogP contribution in [0.4, 0.5) is 11.4 Å². The zero-order valence-electron chi connectivity index (χ0n) is 30.0. The van der Waals surface area contributed by atoms with Crippen LogP contribution in [-0.2, 0) is 6.42 Å². The van der Waals surface area contributed by atoms with E-state index in [1.54, 1.807) is 0 Å². The fourth-order valence-corrected chi connectivity index (χ4v) is 8.62. The molecule has 0 fully saturated rings. The number of rotatable bonds is 4. The zero-order valence-corrected chi connectivity index (χ0v) is 30.0. The van der Waals surface area contributed by atoms with Crippen LogP contribution in [0.15, 0.2) is 195 Å². The van der Waals surface area contributed by atoms with Crippen molar-refractivity contribution in [3.63, 3.8) is 0 Å². The molecule has 11 rings (SSSR count). The summed E-state index contributed by atoms with van der Waals surface area (Å²) in [6, 6.07) is 52.4. The lowest BCUT2D eigenvalue weighted by Gasteiger charge is -2.28. The molecule has 9 aromatic rings. The molecule has 4 heteroatoms. The van der Waals surface area contributed by atoms with Crippen LogP contribution in [0.5, 0.6) is 0 Å². The minimum Gasteiger partial charge on any atom is -0.311 e. The van der Waals surface area contributed by atoms with Crippen molar-refractivity contribution in [2.45, 2.75) is 6.42 Å². The van der Waals surface area contributed by atoms with Gasteiger partial charge in [0.05, 0.1) is 22.2 Å². The second-order valence-electron chi connectivity index (χ2n) is 14.3. The van der Waals surface area contributed by atoms with Crippen LogP contribution in [0.1, 0.15) is 5.56 Å². The van der Waals surface area contributed by atoms with Crippen molar-refractivity contribution >= 4 is 44.1 Å². The van der Waals surface area contributed by atoms with Gasteiger partial charge in [0.1, 0.15) is 0 Å². The molecule has 2 aliphatic rings.